The number of benzene rings is 2. The topological polar surface area (TPSA) is 61.2 Å². The molecule has 3 aromatic rings. The van der Waals surface area contributed by atoms with Crippen molar-refractivity contribution in [2.75, 3.05) is 0 Å². The van der Waals surface area contributed by atoms with Crippen LogP contribution in [-0.4, -0.2) is 15.7 Å². The molecular formula is C19H18N2O3. The maximum absolute atomic E-state index is 12.5. The summed E-state index contributed by atoms with van der Waals surface area (Å²) < 4.78 is 6.71. The van der Waals surface area contributed by atoms with Crippen molar-refractivity contribution in [3.8, 4) is 0 Å². The smallest absolute Gasteiger partial charge is 0.359 e. The van der Waals surface area contributed by atoms with Crippen molar-refractivity contribution < 1.29 is 9.53 Å². The number of carbonyl (C=O) groups is 1. The molecule has 122 valence electrons. The quantitative estimate of drug-likeness (QED) is 0.677. The summed E-state index contributed by atoms with van der Waals surface area (Å²) in [5, 5.41) is 5.23. The molecule has 1 aromatic heterocycles. The molecule has 0 radical (unpaired) electrons. The third-order valence-electron chi connectivity index (χ3n) is 3.71. The molecule has 0 aliphatic carbocycles. The highest BCUT2D eigenvalue weighted by Gasteiger charge is 2.17. The molecule has 3 rings (SSSR count). The van der Waals surface area contributed by atoms with Crippen LogP contribution >= 0.6 is 0 Å². The van der Waals surface area contributed by atoms with E-state index in [4.69, 9.17) is 4.74 Å². The SMILES string of the molecule is CCCn1nc(C(=O)OCc2ccccc2)c2ccccc2c1=O. The van der Waals surface area contributed by atoms with Gasteiger partial charge in [0.2, 0.25) is 0 Å². The molecule has 5 heteroatoms. The molecule has 0 bridgehead atoms. The van der Waals surface area contributed by atoms with Crippen molar-refractivity contribution >= 4 is 16.7 Å². The fraction of sp³-hybridized carbons (Fsp3) is 0.211. The minimum Gasteiger partial charge on any atom is -0.456 e. The first-order valence-electron chi connectivity index (χ1n) is 7.91. The van der Waals surface area contributed by atoms with Gasteiger partial charge in [0.15, 0.2) is 5.69 Å². The number of esters is 1. The van der Waals surface area contributed by atoms with E-state index in [0.29, 0.717) is 17.3 Å². The van der Waals surface area contributed by atoms with Gasteiger partial charge in [-0.15, -0.1) is 0 Å². The van der Waals surface area contributed by atoms with Crippen molar-refractivity contribution in [3.05, 3.63) is 76.2 Å². The number of fused-ring (bicyclic) bond motifs is 1. The Labute approximate surface area is 139 Å². The highest BCUT2D eigenvalue weighted by molar-refractivity contribution is 6.02. The third-order valence-corrected chi connectivity index (χ3v) is 3.71. The number of carbonyl (C=O) groups excluding carboxylic acids is 1. The molecule has 0 unspecified atom stereocenters. The maximum Gasteiger partial charge on any atom is 0.359 e. The Hall–Kier alpha value is -2.95. The lowest BCUT2D eigenvalue weighted by Crippen LogP contribution is -2.26. The van der Waals surface area contributed by atoms with E-state index >= 15 is 0 Å². The van der Waals surface area contributed by atoms with E-state index in [-0.39, 0.29) is 17.9 Å². The van der Waals surface area contributed by atoms with Crippen LogP contribution in [0.25, 0.3) is 10.8 Å². The number of aryl methyl sites for hydroxylation is 1. The lowest BCUT2D eigenvalue weighted by molar-refractivity contribution is 0.0465. The molecule has 0 aliphatic rings. The number of ether oxygens (including phenoxy) is 1. The average molecular weight is 322 g/mol. The van der Waals surface area contributed by atoms with Gasteiger partial charge in [-0.25, -0.2) is 9.48 Å². The predicted octanol–water partition coefficient (Wildman–Crippen LogP) is 3.16. The zero-order chi connectivity index (χ0) is 16.9. The summed E-state index contributed by atoms with van der Waals surface area (Å²) in [6.45, 7) is 2.59. The summed E-state index contributed by atoms with van der Waals surface area (Å²) in [6.07, 6.45) is 0.754. The molecule has 0 spiro atoms. The number of nitrogens with zero attached hydrogens (tertiary/aromatic N) is 2. The van der Waals surface area contributed by atoms with Crippen molar-refractivity contribution in [2.24, 2.45) is 0 Å². The summed E-state index contributed by atoms with van der Waals surface area (Å²) in [5.41, 5.74) is 0.888. The zero-order valence-electron chi connectivity index (χ0n) is 13.4. The number of hydrogen-bond donors (Lipinski definition) is 0. The Morgan fingerprint density at radius 1 is 1.04 bits per heavy atom. The monoisotopic (exact) mass is 322 g/mol. The molecule has 0 aliphatic heterocycles. The third kappa shape index (κ3) is 3.20. The van der Waals surface area contributed by atoms with Crippen LogP contribution in [0.5, 0.6) is 0 Å². The number of aromatic nitrogens is 2. The van der Waals surface area contributed by atoms with Crippen molar-refractivity contribution in [2.45, 2.75) is 26.5 Å². The highest BCUT2D eigenvalue weighted by atomic mass is 16.5. The van der Waals surface area contributed by atoms with Gasteiger partial charge in [0.1, 0.15) is 6.61 Å². The molecule has 0 fully saturated rings. The first kappa shape index (κ1) is 15.9. The van der Waals surface area contributed by atoms with E-state index in [9.17, 15) is 9.59 Å². The normalized spacial score (nSPS) is 10.7. The van der Waals surface area contributed by atoms with Crippen LogP contribution < -0.4 is 5.56 Å². The Kier molecular flexibility index (Phi) is 4.70. The Morgan fingerprint density at radius 2 is 1.71 bits per heavy atom. The van der Waals surface area contributed by atoms with Crippen molar-refractivity contribution in [1.82, 2.24) is 9.78 Å². The average Bonchev–Trinajstić information content (AvgIpc) is 2.63. The highest BCUT2D eigenvalue weighted by Crippen LogP contribution is 2.15. The lowest BCUT2D eigenvalue weighted by Gasteiger charge is -2.10. The van der Waals surface area contributed by atoms with Gasteiger partial charge in [0.25, 0.3) is 5.56 Å². The maximum atomic E-state index is 12.5. The van der Waals surface area contributed by atoms with Crippen LogP contribution in [0, 0.1) is 0 Å². The van der Waals surface area contributed by atoms with Crippen LogP contribution in [0.2, 0.25) is 0 Å². The molecule has 2 aromatic carbocycles. The molecule has 0 amide bonds. The zero-order valence-corrected chi connectivity index (χ0v) is 13.4. The van der Waals surface area contributed by atoms with Crippen LogP contribution in [0.1, 0.15) is 29.4 Å². The fourth-order valence-electron chi connectivity index (χ4n) is 2.54. The summed E-state index contributed by atoms with van der Waals surface area (Å²) in [5.74, 6) is -0.528. The van der Waals surface area contributed by atoms with Gasteiger partial charge in [-0.05, 0) is 18.1 Å². The van der Waals surface area contributed by atoms with Gasteiger partial charge in [0.05, 0.1) is 5.39 Å². The first-order valence-corrected chi connectivity index (χ1v) is 7.91. The molecule has 0 saturated carbocycles. The van der Waals surface area contributed by atoms with Crippen LogP contribution in [0.4, 0.5) is 0 Å². The Morgan fingerprint density at radius 3 is 2.42 bits per heavy atom. The Balaban J connectivity index is 1.97. The summed E-state index contributed by atoms with van der Waals surface area (Å²) in [7, 11) is 0. The van der Waals surface area contributed by atoms with Crippen molar-refractivity contribution in [1.29, 1.82) is 0 Å². The van der Waals surface area contributed by atoms with Gasteiger partial charge in [-0.1, -0.05) is 55.5 Å². The van der Waals surface area contributed by atoms with Crippen LogP contribution in [0.3, 0.4) is 0 Å². The largest absolute Gasteiger partial charge is 0.456 e. The van der Waals surface area contributed by atoms with E-state index in [0.717, 1.165) is 12.0 Å². The molecule has 0 atom stereocenters. The first-order chi connectivity index (χ1) is 11.7. The second-order valence-electron chi connectivity index (χ2n) is 5.48. The molecule has 0 N–H and O–H groups in total. The molecule has 0 saturated heterocycles. The minimum absolute atomic E-state index is 0.169. The van der Waals surface area contributed by atoms with Crippen LogP contribution in [-0.2, 0) is 17.9 Å². The molecule has 1 heterocycles. The summed E-state index contributed by atoms with van der Waals surface area (Å²) >= 11 is 0. The van der Waals surface area contributed by atoms with E-state index in [2.05, 4.69) is 5.10 Å². The lowest BCUT2D eigenvalue weighted by atomic mass is 10.1. The van der Waals surface area contributed by atoms with Crippen LogP contribution in [0.15, 0.2) is 59.4 Å². The second-order valence-corrected chi connectivity index (χ2v) is 5.48. The van der Waals surface area contributed by atoms with Crippen molar-refractivity contribution in [3.63, 3.8) is 0 Å². The fourth-order valence-corrected chi connectivity index (χ4v) is 2.54. The van der Waals surface area contributed by atoms with Gasteiger partial charge in [0, 0.05) is 11.9 Å². The predicted molar refractivity (Wildman–Crippen MR) is 91.9 cm³/mol. The Bertz CT molecular complexity index is 917. The second kappa shape index (κ2) is 7.08. The number of rotatable bonds is 5. The standard InChI is InChI=1S/C19H18N2O3/c1-2-12-21-18(22)16-11-7-6-10-15(16)17(20-21)19(23)24-13-14-8-4-3-5-9-14/h3-11H,2,12-13H2,1H3. The van der Waals surface area contributed by atoms with E-state index in [1.165, 1.54) is 4.68 Å². The van der Waals surface area contributed by atoms with Gasteiger partial charge in [-0.3, -0.25) is 4.79 Å². The minimum atomic E-state index is -0.528. The molecule has 5 nitrogen and oxygen atoms in total. The van der Waals surface area contributed by atoms with Gasteiger partial charge in [-0.2, -0.15) is 5.10 Å². The van der Waals surface area contributed by atoms with Gasteiger partial charge >= 0.3 is 5.97 Å². The van der Waals surface area contributed by atoms with E-state index in [1.54, 1.807) is 24.3 Å². The van der Waals surface area contributed by atoms with E-state index < -0.39 is 5.97 Å². The summed E-state index contributed by atoms with van der Waals surface area (Å²) in [6, 6.07) is 16.4. The van der Waals surface area contributed by atoms with Gasteiger partial charge < -0.3 is 4.74 Å². The molecule has 24 heavy (non-hydrogen) atoms. The number of hydrogen-bond acceptors (Lipinski definition) is 4. The summed E-state index contributed by atoms with van der Waals surface area (Å²) in [4.78, 5) is 24.9. The van der Waals surface area contributed by atoms with E-state index in [1.807, 2.05) is 37.3 Å². The molecular weight excluding hydrogens is 304 g/mol.